The summed E-state index contributed by atoms with van der Waals surface area (Å²) in [6, 6.07) is -0.653. The standard InChI is InChI=1S/C6H6Cl5NO2S/c7-3-1-15(13,14)2-4(3)12-5(8)6(9,10)11/h3-4H,1-2H2/t3-,4+/m0/s1. The van der Waals surface area contributed by atoms with Gasteiger partial charge in [-0.3, -0.25) is 4.99 Å². The van der Waals surface area contributed by atoms with Crippen LogP contribution in [0.3, 0.4) is 0 Å². The summed E-state index contributed by atoms with van der Waals surface area (Å²) < 4.78 is 20.5. The summed E-state index contributed by atoms with van der Waals surface area (Å²) in [4.78, 5) is 3.80. The average Bonchev–Trinajstić information content (AvgIpc) is 2.22. The largest absolute Gasteiger partial charge is 0.267 e. The first-order valence-corrected chi connectivity index (χ1v) is 7.54. The molecule has 1 aliphatic heterocycles. The summed E-state index contributed by atoms with van der Waals surface area (Å²) in [6.45, 7) is 0. The molecule has 0 bridgehead atoms. The molecule has 15 heavy (non-hydrogen) atoms. The number of aliphatic imine (C=N–C) groups is 1. The van der Waals surface area contributed by atoms with Gasteiger partial charge in [-0.25, -0.2) is 8.42 Å². The minimum Gasteiger partial charge on any atom is -0.267 e. The van der Waals surface area contributed by atoms with Gasteiger partial charge in [-0.05, 0) is 0 Å². The van der Waals surface area contributed by atoms with E-state index < -0.39 is 25.0 Å². The summed E-state index contributed by atoms with van der Waals surface area (Å²) in [5, 5.41) is -0.906. The van der Waals surface area contributed by atoms with Crippen molar-refractivity contribution in [1.29, 1.82) is 0 Å². The molecule has 1 aliphatic rings. The minimum atomic E-state index is -3.16. The lowest BCUT2D eigenvalue weighted by atomic mass is 10.3. The molecule has 1 fully saturated rings. The van der Waals surface area contributed by atoms with Crippen molar-refractivity contribution in [2.45, 2.75) is 15.2 Å². The van der Waals surface area contributed by atoms with Crippen LogP contribution >= 0.6 is 58.0 Å². The molecule has 0 radical (unpaired) electrons. The molecule has 1 saturated heterocycles. The first-order valence-electron chi connectivity index (χ1n) is 3.77. The number of nitrogens with zero attached hydrogens (tertiary/aromatic N) is 1. The van der Waals surface area contributed by atoms with E-state index in [1.165, 1.54) is 0 Å². The minimum absolute atomic E-state index is 0.132. The summed E-state index contributed by atoms with van der Waals surface area (Å²) in [5.41, 5.74) is 0. The second-order valence-electron chi connectivity index (χ2n) is 3.08. The molecule has 0 N–H and O–H groups in total. The molecule has 3 nitrogen and oxygen atoms in total. The molecule has 2 atom stereocenters. The highest BCUT2D eigenvalue weighted by atomic mass is 35.6. The van der Waals surface area contributed by atoms with Gasteiger partial charge in [0.1, 0.15) is 0 Å². The molecule has 88 valence electrons. The van der Waals surface area contributed by atoms with Crippen molar-refractivity contribution in [2.24, 2.45) is 4.99 Å². The lowest BCUT2D eigenvalue weighted by Gasteiger charge is -2.12. The fraction of sp³-hybridized carbons (Fsp3) is 0.833. The Morgan fingerprint density at radius 2 is 1.80 bits per heavy atom. The van der Waals surface area contributed by atoms with Gasteiger partial charge in [-0.2, -0.15) is 0 Å². The highest BCUT2D eigenvalue weighted by Gasteiger charge is 2.38. The number of alkyl halides is 4. The lowest BCUT2D eigenvalue weighted by Crippen LogP contribution is -2.22. The van der Waals surface area contributed by atoms with Gasteiger partial charge < -0.3 is 0 Å². The Bertz CT molecular complexity index is 373. The van der Waals surface area contributed by atoms with E-state index in [1.54, 1.807) is 0 Å². The Morgan fingerprint density at radius 1 is 1.27 bits per heavy atom. The van der Waals surface area contributed by atoms with Crippen LogP contribution in [0.15, 0.2) is 4.99 Å². The maximum Gasteiger partial charge on any atom is 0.242 e. The van der Waals surface area contributed by atoms with E-state index in [9.17, 15) is 8.42 Å². The van der Waals surface area contributed by atoms with Gasteiger partial charge in [-0.15, -0.1) is 11.6 Å². The second-order valence-corrected chi connectivity index (χ2v) is 8.43. The van der Waals surface area contributed by atoms with Gasteiger partial charge in [0.05, 0.1) is 22.9 Å². The predicted molar refractivity (Wildman–Crippen MR) is 65.7 cm³/mol. The smallest absolute Gasteiger partial charge is 0.242 e. The van der Waals surface area contributed by atoms with Crippen LogP contribution in [0.4, 0.5) is 0 Å². The molecule has 9 heteroatoms. The average molecular weight is 333 g/mol. The third-order valence-corrected chi connectivity index (χ3v) is 5.32. The van der Waals surface area contributed by atoms with E-state index in [0.717, 1.165) is 0 Å². The van der Waals surface area contributed by atoms with E-state index in [4.69, 9.17) is 58.0 Å². The van der Waals surface area contributed by atoms with Crippen LogP contribution < -0.4 is 0 Å². The van der Waals surface area contributed by atoms with Crippen LogP contribution in [0.1, 0.15) is 0 Å². The molecular weight excluding hydrogens is 327 g/mol. The van der Waals surface area contributed by atoms with Gasteiger partial charge in [0, 0.05) is 0 Å². The Balaban J connectivity index is 2.85. The zero-order valence-electron chi connectivity index (χ0n) is 7.13. The zero-order chi connectivity index (χ0) is 11.9. The van der Waals surface area contributed by atoms with E-state index in [1.807, 2.05) is 0 Å². The summed E-state index contributed by atoms with van der Waals surface area (Å²) in [6.07, 6.45) is 0. The van der Waals surface area contributed by atoms with Gasteiger partial charge in [0.25, 0.3) is 0 Å². The van der Waals surface area contributed by atoms with Gasteiger partial charge in [0.15, 0.2) is 15.0 Å². The van der Waals surface area contributed by atoms with Crippen LogP contribution in [0.25, 0.3) is 0 Å². The first kappa shape index (κ1) is 14.1. The summed E-state index contributed by atoms with van der Waals surface area (Å²) in [7, 11) is -3.16. The van der Waals surface area contributed by atoms with E-state index in [0.29, 0.717) is 0 Å². The van der Waals surface area contributed by atoms with Crippen LogP contribution in [-0.4, -0.2) is 40.3 Å². The van der Waals surface area contributed by atoms with E-state index in [2.05, 4.69) is 4.99 Å². The first-order chi connectivity index (χ1) is 6.62. The van der Waals surface area contributed by atoms with Gasteiger partial charge >= 0.3 is 0 Å². The molecule has 0 aromatic rings. The number of rotatable bonds is 1. The Kier molecular flexibility index (Phi) is 4.47. The van der Waals surface area contributed by atoms with Crippen LogP contribution in [0, 0.1) is 0 Å². The normalized spacial score (nSPS) is 31.9. The topological polar surface area (TPSA) is 46.5 Å². The maximum absolute atomic E-state index is 11.2. The van der Waals surface area contributed by atoms with Crippen LogP contribution in [-0.2, 0) is 9.84 Å². The molecular formula is C6H6Cl5NO2S. The molecule has 0 aliphatic carbocycles. The maximum atomic E-state index is 11.2. The van der Waals surface area contributed by atoms with Crippen LogP contribution in [0.5, 0.6) is 0 Å². The number of hydrogen-bond acceptors (Lipinski definition) is 3. The van der Waals surface area contributed by atoms with Crippen molar-refractivity contribution >= 4 is 73.0 Å². The van der Waals surface area contributed by atoms with Crippen LogP contribution in [0.2, 0.25) is 0 Å². The fourth-order valence-corrected chi connectivity index (χ4v) is 3.89. The highest BCUT2D eigenvalue weighted by molar-refractivity contribution is 7.91. The SMILES string of the molecule is O=S1(=O)C[C@H](Cl)[C@H](N=C(Cl)C(Cl)(Cl)Cl)C1. The molecule has 0 aromatic heterocycles. The van der Waals surface area contributed by atoms with Crippen molar-refractivity contribution in [1.82, 2.24) is 0 Å². The Labute approximate surface area is 113 Å². The quantitative estimate of drug-likeness (QED) is 0.546. The third-order valence-electron chi connectivity index (χ3n) is 1.77. The molecule has 0 saturated carbocycles. The van der Waals surface area contributed by atoms with Gasteiger partial charge in [-0.1, -0.05) is 46.4 Å². The zero-order valence-corrected chi connectivity index (χ0v) is 11.7. The monoisotopic (exact) mass is 331 g/mol. The Morgan fingerprint density at radius 3 is 2.13 bits per heavy atom. The molecule has 1 heterocycles. The highest BCUT2D eigenvalue weighted by Crippen LogP contribution is 2.31. The van der Waals surface area contributed by atoms with Gasteiger partial charge in [0.2, 0.25) is 3.79 Å². The van der Waals surface area contributed by atoms with Crippen molar-refractivity contribution in [2.75, 3.05) is 11.5 Å². The molecule has 0 amide bonds. The van der Waals surface area contributed by atoms with E-state index in [-0.39, 0.29) is 16.7 Å². The number of halogens is 5. The molecule has 0 unspecified atom stereocenters. The lowest BCUT2D eigenvalue weighted by molar-refractivity contribution is 0.601. The Hall–Kier alpha value is 1.07. The third kappa shape index (κ3) is 4.10. The number of hydrogen-bond donors (Lipinski definition) is 0. The molecule has 0 aromatic carbocycles. The molecule has 1 rings (SSSR count). The van der Waals surface area contributed by atoms with Crippen molar-refractivity contribution < 1.29 is 8.42 Å². The number of sulfone groups is 1. The van der Waals surface area contributed by atoms with Crippen molar-refractivity contribution in [3.05, 3.63) is 0 Å². The van der Waals surface area contributed by atoms with Crippen molar-refractivity contribution in [3.8, 4) is 0 Å². The van der Waals surface area contributed by atoms with E-state index >= 15 is 0 Å². The predicted octanol–water partition coefficient (Wildman–Crippen LogP) is 2.40. The summed E-state index contributed by atoms with van der Waals surface area (Å²) in [5.74, 6) is -0.301. The summed E-state index contributed by atoms with van der Waals surface area (Å²) >= 11 is 27.7. The molecule has 0 spiro atoms. The second kappa shape index (κ2) is 4.75. The fourth-order valence-electron chi connectivity index (χ4n) is 1.12. The van der Waals surface area contributed by atoms with Crippen molar-refractivity contribution in [3.63, 3.8) is 0 Å².